The number of hydrogen-bond donors (Lipinski definition) is 0. The van der Waals surface area contributed by atoms with E-state index in [0.717, 1.165) is 13.2 Å². The van der Waals surface area contributed by atoms with Crippen molar-refractivity contribution in [2.45, 2.75) is 39.0 Å². The van der Waals surface area contributed by atoms with Crippen molar-refractivity contribution in [1.82, 2.24) is 4.90 Å². The number of likely N-dealkylation sites (N-methyl/N-ethyl adjacent to an activating group) is 1. The zero-order chi connectivity index (χ0) is 10.7. The third-order valence-electron chi connectivity index (χ3n) is 3.19. The molecule has 3 nitrogen and oxygen atoms in total. The van der Waals surface area contributed by atoms with E-state index < -0.39 is 0 Å². The molecule has 0 spiro atoms. The van der Waals surface area contributed by atoms with Crippen LogP contribution in [0.1, 0.15) is 20.8 Å². The molecule has 3 unspecified atom stereocenters. The van der Waals surface area contributed by atoms with Crippen LogP contribution in [0.2, 0.25) is 0 Å². The number of rotatable bonds is 4. The van der Waals surface area contributed by atoms with E-state index in [4.69, 9.17) is 9.47 Å². The van der Waals surface area contributed by atoms with E-state index in [9.17, 15) is 0 Å². The fraction of sp³-hybridized carbons (Fsp3) is 1.00. The lowest BCUT2D eigenvalue weighted by Crippen LogP contribution is -2.31. The minimum Gasteiger partial charge on any atom is -0.380 e. The first-order valence-corrected chi connectivity index (χ1v) is 5.41. The molecule has 0 bridgehead atoms. The molecule has 0 N–H and O–H groups in total. The molecule has 14 heavy (non-hydrogen) atoms. The molecule has 0 amide bonds. The summed E-state index contributed by atoms with van der Waals surface area (Å²) in [6, 6.07) is 0.554. The Bertz CT molecular complexity index is 173. The van der Waals surface area contributed by atoms with E-state index in [2.05, 4.69) is 32.7 Å². The van der Waals surface area contributed by atoms with Crippen LogP contribution in [0.25, 0.3) is 0 Å². The molecule has 3 atom stereocenters. The Morgan fingerprint density at radius 3 is 2.57 bits per heavy atom. The van der Waals surface area contributed by atoms with Crippen molar-refractivity contribution in [3.05, 3.63) is 0 Å². The Labute approximate surface area is 87.4 Å². The van der Waals surface area contributed by atoms with Crippen LogP contribution >= 0.6 is 0 Å². The van der Waals surface area contributed by atoms with Crippen molar-refractivity contribution < 1.29 is 9.47 Å². The summed E-state index contributed by atoms with van der Waals surface area (Å²) in [5.41, 5.74) is 0. The highest BCUT2D eigenvalue weighted by Gasteiger charge is 2.37. The van der Waals surface area contributed by atoms with Gasteiger partial charge in [0.25, 0.3) is 0 Å². The van der Waals surface area contributed by atoms with Gasteiger partial charge in [-0.15, -0.1) is 0 Å². The van der Waals surface area contributed by atoms with Gasteiger partial charge in [-0.3, -0.25) is 0 Å². The van der Waals surface area contributed by atoms with E-state index in [0.29, 0.717) is 24.2 Å². The molecule has 1 heterocycles. The second kappa shape index (κ2) is 5.10. The quantitative estimate of drug-likeness (QED) is 0.686. The molecule has 0 aromatic heterocycles. The fourth-order valence-corrected chi connectivity index (χ4v) is 2.02. The maximum absolute atomic E-state index is 5.67. The van der Waals surface area contributed by atoms with Gasteiger partial charge in [0.1, 0.15) is 0 Å². The highest BCUT2D eigenvalue weighted by Crippen LogP contribution is 2.25. The SMILES string of the molecule is COC1CN(C)C(C)C1COC(C)C. The van der Waals surface area contributed by atoms with Gasteiger partial charge in [-0.2, -0.15) is 0 Å². The molecule has 1 saturated heterocycles. The second-order valence-electron chi connectivity index (χ2n) is 4.50. The van der Waals surface area contributed by atoms with Crippen LogP contribution in [0.3, 0.4) is 0 Å². The molecule has 1 aliphatic rings. The highest BCUT2D eigenvalue weighted by molar-refractivity contribution is 4.89. The zero-order valence-corrected chi connectivity index (χ0v) is 9.99. The molecule has 0 aliphatic carbocycles. The highest BCUT2D eigenvalue weighted by atomic mass is 16.5. The first-order chi connectivity index (χ1) is 6.56. The Hall–Kier alpha value is -0.120. The predicted molar refractivity (Wildman–Crippen MR) is 57.5 cm³/mol. The average Bonchev–Trinajstić information content (AvgIpc) is 2.40. The topological polar surface area (TPSA) is 21.7 Å². The zero-order valence-electron chi connectivity index (χ0n) is 9.99. The number of methoxy groups -OCH3 is 1. The van der Waals surface area contributed by atoms with Gasteiger partial charge < -0.3 is 14.4 Å². The molecular formula is C11H23NO2. The van der Waals surface area contributed by atoms with Crippen LogP contribution < -0.4 is 0 Å². The Balaban J connectivity index is 2.46. The number of hydrogen-bond acceptors (Lipinski definition) is 3. The third kappa shape index (κ3) is 2.69. The van der Waals surface area contributed by atoms with Gasteiger partial charge in [-0.1, -0.05) is 0 Å². The largest absolute Gasteiger partial charge is 0.380 e. The van der Waals surface area contributed by atoms with Gasteiger partial charge in [0.2, 0.25) is 0 Å². The predicted octanol–water partition coefficient (Wildman–Crippen LogP) is 1.38. The van der Waals surface area contributed by atoms with Gasteiger partial charge >= 0.3 is 0 Å². The van der Waals surface area contributed by atoms with E-state index >= 15 is 0 Å². The lowest BCUT2D eigenvalue weighted by atomic mass is 10.0. The normalized spacial score (nSPS) is 34.3. The van der Waals surface area contributed by atoms with E-state index in [1.807, 2.05) is 0 Å². The molecule has 0 radical (unpaired) electrons. The van der Waals surface area contributed by atoms with Crippen LogP contribution in [0.15, 0.2) is 0 Å². The van der Waals surface area contributed by atoms with Crippen LogP contribution in [0, 0.1) is 5.92 Å². The van der Waals surface area contributed by atoms with Crippen molar-refractivity contribution in [3.8, 4) is 0 Å². The monoisotopic (exact) mass is 201 g/mol. The molecular weight excluding hydrogens is 178 g/mol. The maximum Gasteiger partial charge on any atom is 0.0763 e. The smallest absolute Gasteiger partial charge is 0.0763 e. The van der Waals surface area contributed by atoms with Crippen LogP contribution in [0.4, 0.5) is 0 Å². The first kappa shape index (κ1) is 12.0. The summed E-state index contributed by atoms with van der Waals surface area (Å²) >= 11 is 0. The van der Waals surface area contributed by atoms with E-state index in [1.54, 1.807) is 7.11 Å². The van der Waals surface area contributed by atoms with Gasteiger partial charge in [-0.05, 0) is 27.8 Å². The van der Waals surface area contributed by atoms with E-state index in [-0.39, 0.29) is 0 Å². The molecule has 1 fully saturated rings. The summed E-state index contributed by atoms with van der Waals surface area (Å²) in [5.74, 6) is 0.507. The van der Waals surface area contributed by atoms with Crippen molar-refractivity contribution in [2.24, 2.45) is 5.92 Å². The third-order valence-corrected chi connectivity index (χ3v) is 3.19. The Morgan fingerprint density at radius 1 is 1.43 bits per heavy atom. The number of ether oxygens (including phenoxy) is 2. The molecule has 0 aromatic carbocycles. The van der Waals surface area contributed by atoms with Crippen LogP contribution in [-0.2, 0) is 9.47 Å². The fourth-order valence-electron chi connectivity index (χ4n) is 2.02. The summed E-state index contributed by atoms with van der Waals surface area (Å²) in [6.45, 7) is 8.22. The minimum absolute atomic E-state index is 0.311. The van der Waals surface area contributed by atoms with Crippen molar-refractivity contribution in [2.75, 3.05) is 27.3 Å². The summed E-state index contributed by atoms with van der Waals surface area (Å²) < 4.78 is 11.1. The molecule has 84 valence electrons. The maximum atomic E-state index is 5.67. The van der Waals surface area contributed by atoms with Crippen molar-refractivity contribution in [3.63, 3.8) is 0 Å². The molecule has 1 rings (SSSR count). The van der Waals surface area contributed by atoms with Gasteiger partial charge in [-0.25, -0.2) is 0 Å². The summed E-state index contributed by atoms with van der Waals surface area (Å²) in [4.78, 5) is 2.34. The van der Waals surface area contributed by atoms with Gasteiger partial charge in [0, 0.05) is 25.6 Å². The lowest BCUT2D eigenvalue weighted by Gasteiger charge is -2.23. The lowest BCUT2D eigenvalue weighted by molar-refractivity contribution is -0.00202. The number of likely N-dealkylation sites (tertiary alicyclic amines) is 1. The molecule has 0 saturated carbocycles. The molecule has 3 heteroatoms. The van der Waals surface area contributed by atoms with Crippen LogP contribution in [0.5, 0.6) is 0 Å². The molecule has 0 aromatic rings. The van der Waals surface area contributed by atoms with E-state index in [1.165, 1.54) is 0 Å². The minimum atomic E-state index is 0.311. The van der Waals surface area contributed by atoms with Crippen molar-refractivity contribution >= 4 is 0 Å². The first-order valence-electron chi connectivity index (χ1n) is 5.41. The van der Waals surface area contributed by atoms with Crippen molar-refractivity contribution in [1.29, 1.82) is 0 Å². The Kier molecular flexibility index (Phi) is 4.35. The average molecular weight is 201 g/mol. The van der Waals surface area contributed by atoms with Crippen LogP contribution in [-0.4, -0.2) is 50.5 Å². The summed E-state index contributed by atoms with van der Waals surface area (Å²) in [7, 11) is 3.94. The standard InChI is InChI=1S/C11H23NO2/c1-8(2)14-7-10-9(3)12(4)6-11(10)13-5/h8-11H,6-7H2,1-5H3. The summed E-state index contributed by atoms with van der Waals surface area (Å²) in [6.07, 6.45) is 0.638. The second-order valence-corrected chi connectivity index (χ2v) is 4.50. The number of nitrogens with zero attached hydrogens (tertiary/aromatic N) is 1. The van der Waals surface area contributed by atoms with Gasteiger partial charge in [0.15, 0.2) is 0 Å². The molecule has 1 aliphatic heterocycles. The van der Waals surface area contributed by atoms with Gasteiger partial charge in [0.05, 0.1) is 18.8 Å². The summed E-state index contributed by atoms with van der Waals surface area (Å²) in [5, 5.41) is 0. The Morgan fingerprint density at radius 2 is 2.07 bits per heavy atom.